The number of carbonyl (C=O) groups excluding carboxylic acids is 1. The van der Waals surface area contributed by atoms with Crippen LogP contribution in [-0.2, 0) is 6.42 Å². The summed E-state index contributed by atoms with van der Waals surface area (Å²) in [5.41, 5.74) is 1.26. The van der Waals surface area contributed by atoms with E-state index in [1.54, 1.807) is 12.1 Å². The van der Waals surface area contributed by atoms with Crippen LogP contribution in [0.3, 0.4) is 0 Å². The Kier molecular flexibility index (Phi) is 4.45. The number of Topliss-reactive ketones (excluding diaryl/α,β-unsaturated/α-hetero) is 1. The van der Waals surface area contributed by atoms with E-state index in [2.05, 4.69) is 0 Å². The van der Waals surface area contributed by atoms with E-state index in [9.17, 15) is 13.6 Å². The van der Waals surface area contributed by atoms with E-state index in [0.717, 1.165) is 18.6 Å². The first-order chi connectivity index (χ1) is 9.60. The van der Waals surface area contributed by atoms with Crippen LogP contribution in [0, 0.1) is 11.6 Å². The zero-order valence-corrected chi connectivity index (χ0v) is 11.0. The second-order valence-corrected chi connectivity index (χ2v) is 4.34. The molecule has 2 rings (SSSR count). The molecular weight excluding hydrogens is 262 g/mol. The number of rotatable bonds is 5. The van der Waals surface area contributed by atoms with Crippen LogP contribution in [0.1, 0.15) is 22.8 Å². The molecule has 104 valence electrons. The van der Waals surface area contributed by atoms with Crippen molar-refractivity contribution in [3.05, 3.63) is 65.2 Å². The van der Waals surface area contributed by atoms with Crippen molar-refractivity contribution >= 4 is 5.78 Å². The highest BCUT2D eigenvalue weighted by Gasteiger charge is 2.10. The molecule has 0 aromatic heterocycles. The van der Waals surface area contributed by atoms with Gasteiger partial charge in [0, 0.05) is 5.56 Å². The van der Waals surface area contributed by atoms with Crippen LogP contribution in [0.2, 0.25) is 0 Å². The fourth-order valence-electron chi connectivity index (χ4n) is 1.72. The average Bonchev–Trinajstić information content (AvgIpc) is 2.48. The third kappa shape index (κ3) is 3.41. The van der Waals surface area contributed by atoms with Crippen molar-refractivity contribution in [3.8, 4) is 5.75 Å². The molecule has 0 saturated carbocycles. The van der Waals surface area contributed by atoms with Gasteiger partial charge in [-0.15, -0.1) is 0 Å². The second kappa shape index (κ2) is 6.28. The van der Waals surface area contributed by atoms with Crippen LogP contribution in [0.4, 0.5) is 8.78 Å². The van der Waals surface area contributed by atoms with Gasteiger partial charge in [-0.3, -0.25) is 4.79 Å². The smallest absolute Gasteiger partial charge is 0.200 e. The lowest BCUT2D eigenvalue weighted by atomic mass is 10.1. The number of ketones is 1. The molecule has 0 aliphatic rings. The predicted molar refractivity (Wildman–Crippen MR) is 72.0 cm³/mol. The number of halogens is 2. The van der Waals surface area contributed by atoms with Gasteiger partial charge in [0.05, 0.1) is 0 Å². The topological polar surface area (TPSA) is 26.3 Å². The first-order valence-corrected chi connectivity index (χ1v) is 6.30. The lowest BCUT2D eigenvalue weighted by Crippen LogP contribution is -2.12. The number of ether oxygens (including phenoxy) is 1. The quantitative estimate of drug-likeness (QED) is 0.777. The van der Waals surface area contributed by atoms with Crippen LogP contribution in [-0.4, -0.2) is 12.4 Å². The van der Waals surface area contributed by atoms with Crippen molar-refractivity contribution in [2.24, 2.45) is 0 Å². The van der Waals surface area contributed by atoms with Crippen molar-refractivity contribution in [3.63, 3.8) is 0 Å². The molecular formula is C16H14F2O2. The van der Waals surface area contributed by atoms with Crippen LogP contribution in [0.25, 0.3) is 0 Å². The van der Waals surface area contributed by atoms with Crippen molar-refractivity contribution in [2.75, 3.05) is 6.61 Å². The molecule has 0 amide bonds. The lowest BCUT2D eigenvalue weighted by molar-refractivity contribution is 0.0921. The highest BCUT2D eigenvalue weighted by atomic mass is 19.2. The van der Waals surface area contributed by atoms with E-state index in [-0.39, 0.29) is 12.2 Å². The summed E-state index contributed by atoms with van der Waals surface area (Å²) in [6.45, 7) is 1.83. The van der Waals surface area contributed by atoms with E-state index in [4.69, 9.17) is 4.74 Å². The normalized spacial score (nSPS) is 10.3. The summed E-state index contributed by atoms with van der Waals surface area (Å²) < 4.78 is 31.1. The summed E-state index contributed by atoms with van der Waals surface area (Å²) in [5.74, 6) is -1.85. The van der Waals surface area contributed by atoms with Gasteiger partial charge in [0.25, 0.3) is 0 Å². The Morgan fingerprint density at radius 1 is 1.05 bits per heavy atom. The first kappa shape index (κ1) is 14.2. The number of aryl methyl sites for hydroxylation is 1. The van der Waals surface area contributed by atoms with Crippen molar-refractivity contribution in [1.82, 2.24) is 0 Å². The maximum atomic E-state index is 13.0. The molecule has 0 bridgehead atoms. The van der Waals surface area contributed by atoms with E-state index < -0.39 is 17.4 Å². The van der Waals surface area contributed by atoms with Crippen LogP contribution in [0.15, 0.2) is 42.5 Å². The Balaban J connectivity index is 1.98. The van der Waals surface area contributed by atoms with Crippen LogP contribution < -0.4 is 4.74 Å². The Hall–Kier alpha value is -2.23. The standard InChI is InChI=1S/C16H14F2O2/c1-2-11-3-6-13(7-4-11)20-10-16(19)12-5-8-14(17)15(18)9-12/h3-9H,2,10H2,1H3. The molecule has 4 heteroatoms. The molecule has 0 aliphatic carbocycles. The number of carbonyl (C=O) groups is 1. The highest BCUT2D eigenvalue weighted by Crippen LogP contribution is 2.14. The maximum Gasteiger partial charge on any atom is 0.200 e. The Morgan fingerprint density at radius 2 is 1.75 bits per heavy atom. The Labute approximate surface area is 116 Å². The molecule has 0 atom stereocenters. The molecule has 2 aromatic rings. The summed E-state index contributed by atoms with van der Waals surface area (Å²) in [5, 5.41) is 0. The predicted octanol–water partition coefficient (Wildman–Crippen LogP) is 3.79. The highest BCUT2D eigenvalue weighted by molar-refractivity contribution is 5.97. The first-order valence-electron chi connectivity index (χ1n) is 6.30. The molecule has 0 radical (unpaired) electrons. The van der Waals surface area contributed by atoms with Crippen molar-refractivity contribution in [1.29, 1.82) is 0 Å². The molecule has 0 unspecified atom stereocenters. The van der Waals surface area contributed by atoms with Crippen LogP contribution in [0.5, 0.6) is 5.75 Å². The Bertz CT molecular complexity index is 606. The third-order valence-corrected chi connectivity index (χ3v) is 2.94. The molecule has 0 aliphatic heterocycles. The van der Waals surface area contributed by atoms with E-state index in [0.29, 0.717) is 5.75 Å². The van der Waals surface area contributed by atoms with Gasteiger partial charge in [-0.05, 0) is 42.3 Å². The minimum absolute atomic E-state index is 0.0917. The van der Waals surface area contributed by atoms with Gasteiger partial charge in [0.1, 0.15) is 5.75 Å². The summed E-state index contributed by atoms with van der Waals surface area (Å²) in [6.07, 6.45) is 0.925. The molecule has 2 nitrogen and oxygen atoms in total. The average molecular weight is 276 g/mol. The Morgan fingerprint density at radius 3 is 2.35 bits per heavy atom. The zero-order valence-electron chi connectivity index (χ0n) is 11.0. The molecule has 20 heavy (non-hydrogen) atoms. The monoisotopic (exact) mass is 276 g/mol. The summed E-state index contributed by atoms with van der Waals surface area (Å²) in [7, 11) is 0. The molecule has 0 heterocycles. The minimum Gasteiger partial charge on any atom is -0.485 e. The van der Waals surface area contributed by atoms with Gasteiger partial charge in [-0.1, -0.05) is 19.1 Å². The molecule has 0 fully saturated rings. The fourth-order valence-corrected chi connectivity index (χ4v) is 1.72. The van der Waals surface area contributed by atoms with E-state index in [1.807, 2.05) is 19.1 Å². The fraction of sp³-hybridized carbons (Fsp3) is 0.188. The van der Waals surface area contributed by atoms with Crippen molar-refractivity contribution < 1.29 is 18.3 Å². The van der Waals surface area contributed by atoms with Gasteiger partial charge in [0.15, 0.2) is 24.0 Å². The molecule has 0 saturated heterocycles. The summed E-state index contributed by atoms with van der Waals surface area (Å²) >= 11 is 0. The SMILES string of the molecule is CCc1ccc(OCC(=O)c2ccc(F)c(F)c2)cc1. The van der Waals surface area contributed by atoms with Crippen LogP contribution >= 0.6 is 0 Å². The van der Waals surface area contributed by atoms with E-state index in [1.165, 1.54) is 11.6 Å². The maximum absolute atomic E-state index is 13.0. The lowest BCUT2D eigenvalue weighted by Gasteiger charge is -2.06. The molecule has 2 aromatic carbocycles. The van der Waals surface area contributed by atoms with Gasteiger partial charge >= 0.3 is 0 Å². The summed E-state index contributed by atoms with van der Waals surface area (Å²) in [4.78, 5) is 11.8. The molecule has 0 N–H and O–H groups in total. The number of hydrogen-bond acceptors (Lipinski definition) is 2. The third-order valence-electron chi connectivity index (χ3n) is 2.94. The van der Waals surface area contributed by atoms with Gasteiger partial charge < -0.3 is 4.74 Å². The largest absolute Gasteiger partial charge is 0.485 e. The second-order valence-electron chi connectivity index (χ2n) is 4.34. The minimum atomic E-state index is -1.04. The zero-order chi connectivity index (χ0) is 14.5. The van der Waals surface area contributed by atoms with E-state index >= 15 is 0 Å². The number of hydrogen-bond donors (Lipinski definition) is 0. The summed E-state index contributed by atoms with van der Waals surface area (Å²) in [6, 6.07) is 10.4. The van der Waals surface area contributed by atoms with Crippen molar-refractivity contribution in [2.45, 2.75) is 13.3 Å². The number of benzene rings is 2. The van der Waals surface area contributed by atoms with Gasteiger partial charge in [-0.25, -0.2) is 8.78 Å². The molecule has 0 spiro atoms. The van der Waals surface area contributed by atoms with Gasteiger partial charge in [-0.2, -0.15) is 0 Å². The van der Waals surface area contributed by atoms with Gasteiger partial charge in [0.2, 0.25) is 0 Å².